The molecule has 0 spiro atoms. The highest BCUT2D eigenvalue weighted by Crippen LogP contribution is 2.14. The molecule has 10 heteroatoms. The van der Waals surface area contributed by atoms with E-state index < -0.39 is 16.7 Å². The van der Waals surface area contributed by atoms with E-state index in [1.54, 1.807) is 5.43 Å². The van der Waals surface area contributed by atoms with Gasteiger partial charge in [0.15, 0.2) is 0 Å². The number of hydrogen-bond donors (Lipinski definition) is 2. The van der Waals surface area contributed by atoms with Crippen LogP contribution in [-0.2, 0) is 9.59 Å². The Hall–Kier alpha value is -3.01. The van der Waals surface area contributed by atoms with E-state index in [1.165, 1.54) is 34.1 Å². The van der Waals surface area contributed by atoms with Crippen molar-refractivity contribution in [2.45, 2.75) is 0 Å². The zero-order valence-corrected chi connectivity index (χ0v) is 12.1. The standard InChI is InChI=1S/C13H15N5O5/c14-15-11(19)13(21)17-7-5-16(6-8-17)12(20)9-1-3-10(4-2-9)18(22)23/h1-4H,5-8,14H2,(H,15,19). The minimum absolute atomic E-state index is 0.0928. The summed E-state index contributed by atoms with van der Waals surface area (Å²) in [5.41, 5.74) is 2.01. The van der Waals surface area contributed by atoms with Crippen LogP contribution in [0.5, 0.6) is 0 Å². The Morgan fingerprint density at radius 3 is 2.04 bits per heavy atom. The second kappa shape index (κ2) is 6.83. The second-order valence-corrected chi connectivity index (χ2v) is 4.86. The Labute approximate surface area is 130 Å². The van der Waals surface area contributed by atoms with Gasteiger partial charge in [0.25, 0.3) is 11.6 Å². The highest BCUT2D eigenvalue weighted by molar-refractivity contribution is 6.34. The van der Waals surface area contributed by atoms with Gasteiger partial charge in [0.2, 0.25) is 0 Å². The number of rotatable bonds is 2. The minimum Gasteiger partial charge on any atom is -0.335 e. The van der Waals surface area contributed by atoms with Gasteiger partial charge in [0.1, 0.15) is 0 Å². The lowest BCUT2D eigenvalue weighted by molar-refractivity contribution is -0.384. The molecule has 0 radical (unpaired) electrons. The molecule has 1 fully saturated rings. The number of hydrogen-bond acceptors (Lipinski definition) is 6. The molecule has 3 N–H and O–H groups in total. The Bertz CT molecular complexity index is 637. The number of non-ortho nitro benzene ring substituents is 1. The smallest absolute Gasteiger partial charge is 0.323 e. The van der Waals surface area contributed by atoms with Crippen molar-refractivity contribution in [3.63, 3.8) is 0 Å². The number of hydrazine groups is 1. The largest absolute Gasteiger partial charge is 0.335 e. The van der Waals surface area contributed by atoms with Crippen LogP contribution in [0.4, 0.5) is 5.69 Å². The van der Waals surface area contributed by atoms with Gasteiger partial charge in [-0.2, -0.15) is 0 Å². The number of carbonyl (C=O) groups excluding carboxylic acids is 3. The summed E-state index contributed by atoms with van der Waals surface area (Å²) in [6, 6.07) is 5.30. The van der Waals surface area contributed by atoms with Gasteiger partial charge in [0.05, 0.1) is 4.92 Å². The first-order chi connectivity index (χ1) is 10.9. The summed E-state index contributed by atoms with van der Waals surface area (Å²) in [7, 11) is 0. The molecule has 23 heavy (non-hydrogen) atoms. The third-order valence-electron chi connectivity index (χ3n) is 3.50. The van der Waals surface area contributed by atoms with Crippen LogP contribution >= 0.6 is 0 Å². The summed E-state index contributed by atoms with van der Waals surface area (Å²) in [5, 5.41) is 10.6. The van der Waals surface area contributed by atoms with Crippen LogP contribution in [0.15, 0.2) is 24.3 Å². The number of nitrogens with zero attached hydrogens (tertiary/aromatic N) is 3. The molecule has 0 atom stereocenters. The number of piperazine rings is 1. The molecule has 3 amide bonds. The van der Waals surface area contributed by atoms with Crippen molar-refractivity contribution in [1.29, 1.82) is 0 Å². The maximum atomic E-state index is 12.3. The predicted octanol–water partition coefficient (Wildman–Crippen LogP) is -1.13. The van der Waals surface area contributed by atoms with Gasteiger partial charge in [-0.05, 0) is 12.1 Å². The first-order valence-electron chi connectivity index (χ1n) is 6.77. The van der Waals surface area contributed by atoms with Gasteiger partial charge >= 0.3 is 11.8 Å². The van der Waals surface area contributed by atoms with Gasteiger partial charge in [-0.15, -0.1) is 0 Å². The van der Waals surface area contributed by atoms with Crippen molar-refractivity contribution in [3.05, 3.63) is 39.9 Å². The SMILES string of the molecule is NNC(=O)C(=O)N1CCN(C(=O)c2ccc([N+](=O)[O-])cc2)CC1. The summed E-state index contributed by atoms with van der Waals surface area (Å²) in [5.74, 6) is 2.98. The van der Waals surface area contributed by atoms with Crippen LogP contribution < -0.4 is 11.3 Å². The lowest BCUT2D eigenvalue weighted by atomic mass is 10.1. The lowest BCUT2D eigenvalue weighted by Crippen LogP contribution is -2.54. The summed E-state index contributed by atoms with van der Waals surface area (Å²) in [4.78, 5) is 48.0. The van der Waals surface area contributed by atoms with Crippen LogP contribution in [-0.4, -0.2) is 58.6 Å². The molecule has 1 saturated heterocycles. The third kappa shape index (κ3) is 3.61. The molecule has 0 unspecified atom stereocenters. The number of carbonyl (C=O) groups is 3. The van der Waals surface area contributed by atoms with E-state index in [9.17, 15) is 24.5 Å². The average molecular weight is 321 g/mol. The Morgan fingerprint density at radius 1 is 1.04 bits per heavy atom. The zero-order valence-electron chi connectivity index (χ0n) is 12.1. The lowest BCUT2D eigenvalue weighted by Gasteiger charge is -2.34. The molecule has 0 aliphatic carbocycles. The van der Waals surface area contributed by atoms with Crippen LogP contribution in [0.3, 0.4) is 0 Å². The molecule has 1 aromatic carbocycles. The predicted molar refractivity (Wildman–Crippen MR) is 77.9 cm³/mol. The van der Waals surface area contributed by atoms with Crippen molar-refractivity contribution >= 4 is 23.4 Å². The summed E-state index contributed by atoms with van der Waals surface area (Å²) >= 11 is 0. The van der Waals surface area contributed by atoms with Crippen molar-refractivity contribution in [2.75, 3.05) is 26.2 Å². The first-order valence-corrected chi connectivity index (χ1v) is 6.77. The van der Waals surface area contributed by atoms with Crippen molar-refractivity contribution in [1.82, 2.24) is 15.2 Å². The first kappa shape index (κ1) is 16.4. The van der Waals surface area contributed by atoms with E-state index in [0.717, 1.165) is 0 Å². The van der Waals surface area contributed by atoms with Crippen LogP contribution in [0, 0.1) is 10.1 Å². The van der Waals surface area contributed by atoms with Crippen molar-refractivity contribution < 1.29 is 19.3 Å². The van der Waals surface area contributed by atoms with Gasteiger partial charge in [-0.3, -0.25) is 29.9 Å². The third-order valence-corrected chi connectivity index (χ3v) is 3.50. The number of benzene rings is 1. The van der Waals surface area contributed by atoms with Crippen molar-refractivity contribution in [2.24, 2.45) is 5.84 Å². The molecule has 1 aromatic rings. The number of nitro benzene ring substituents is 1. The quantitative estimate of drug-likeness (QED) is 0.232. The number of nitrogens with one attached hydrogen (secondary N) is 1. The van der Waals surface area contributed by atoms with Gasteiger partial charge in [-0.1, -0.05) is 0 Å². The molecule has 10 nitrogen and oxygen atoms in total. The minimum atomic E-state index is -0.903. The molecule has 1 heterocycles. The fourth-order valence-electron chi connectivity index (χ4n) is 2.23. The van der Waals surface area contributed by atoms with Gasteiger partial charge in [-0.25, -0.2) is 5.84 Å². The van der Waals surface area contributed by atoms with Gasteiger partial charge < -0.3 is 9.80 Å². The monoisotopic (exact) mass is 321 g/mol. The zero-order chi connectivity index (χ0) is 17.0. The molecule has 2 rings (SSSR count). The fourth-order valence-corrected chi connectivity index (χ4v) is 2.23. The maximum Gasteiger partial charge on any atom is 0.323 e. The van der Waals surface area contributed by atoms with E-state index in [2.05, 4.69) is 0 Å². The number of nitro groups is 1. The Kier molecular flexibility index (Phi) is 4.86. The maximum absolute atomic E-state index is 12.3. The molecule has 122 valence electrons. The highest BCUT2D eigenvalue weighted by Gasteiger charge is 2.28. The Balaban J connectivity index is 1.97. The molecular formula is C13H15N5O5. The topological polar surface area (TPSA) is 139 Å². The van der Waals surface area contributed by atoms with E-state index in [4.69, 9.17) is 5.84 Å². The Morgan fingerprint density at radius 2 is 1.57 bits per heavy atom. The van der Waals surface area contributed by atoms with Crippen LogP contribution in [0.2, 0.25) is 0 Å². The summed E-state index contributed by atoms with van der Waals surface area (Å²) in [6.07, 6.45) is 0. The van der Waals surface area contributed by atoms with Gasteiger partial charge in [0, 0.05) is 43.9 Å². The summed E-state index contributed by atoms with van der Waals surface area (Å²) in [6.45, 7) is 0.953. The van der Waals surface area contributed by atoms with Crippen molar-refractivity contribution in [3.8, 4) is 0 Å². The normalized spacial score (nSPS) is 14.3. The van der Waals surface area contributed by atoms with E-state index in [0.29, 0.717) is 5.56 Å². The highest BCUT2D eigenvalue weighted by atomic mass is 16.6. The molecule has 1 aliphatic heterocycles. The van der Waals surface area contributed by atoms with E-state index in [1.807, 2.05) is 0 Å². The summed E-state index contributed by atoms with van der Waals surface area (Å²) < 4.78 is 0. The average Bonchev–Trinajstić information content (AvgIpc) is 2.60. The second-order valence-electron chi connectivity index (χ2n) is 4.86. The van der Waals surface area contributed by atoms with Crippen LogP contribution in [0.1, 0.15) is 10.4 Å². The number of nitrogens with two attached hydrogens (primary N) is 1. The van der Waals surface area contributed by atoms with E-state index in [-0.39, 0.29) is 37.8 Å². The van der Waals surface area contributed by atoms with E-state index >= 15 is 0 Å². The molecule has 0 saturated carbocycles. The molecule has 0 aromatic heterocycles. The molecule has 0 bridgehead atoms. The fraction of sp³-hybridized carbons (Fsp3) is 0.308. The van der Waals surface area contributed by atoms with Crippen LogP contribution in [0.25, 0.3) is 0 Å². The molecule has 1 aliphatic rings. The number of amides is 3. The molecular weight excluding hydrogens is 306 g/mol.